The van der Waals surface area contributed by atoms with Crippen molar-refractivity contribution >= 4 is 33.3 Å². The zero-order chi connectivity index (χ0) is 16.9. The molecule has 0 bridgehead atoms. The monoisotopic (exact) mass is 386 g/mol. The SMILES string of the molecule is Cc1cc(Nc2ccc(C(=O)NCc3ccco3)nn2)ccc1Br. The molecule has 0 aliphatic carbocycles. The number of aromatic nitrogens is 2. The summed E-state index contributed by atoms with van der Waals surface area (Å²) >= 11 is 3.46. The van der Waals surface area contributed by atoms with Gasteiger partial charge in [0.05, 0.1) is 12.8 Å². The first-order chi connectivity index (χ1) is 11.6. The van der Waals surface area contributed by atoms with Crippen LogP contribution in [0.25, 0.3) is 0 Å². The lowest BCUT2D eigenvalue weighted by Gasteiger charge is -2.07. The Kier molecular flexibility index (Phi) is 4.90. The molecule has 0 aliphatic rings. The van der Waals surface area contributed by atoms with Gasteiger partial charge in [0.1, 0.15) is 5.76 Å². The third kappa shape index (κ3) is 3.99. The van der Waals surface area contributed by atoms with Crippen LogP contribution < -0.4 is 10.6 Å². The molecular formula is C17H15BrN4O2. The van der Waals surface area contributed by atoms with Gasteiger partial charge in [-0.05, 0) is 55.0 Å². The van der Waals surface area contributed by atoms with Gasteiger partial charge < -0.3 is 15.1 Å². The number of aryl methyl sites for hydroxylation is 1. The minimum absolute atomic E-state index is 0.249. The first-order valence-corrected chi connectivity index (χ1v) is 8.08. The highest BCUT2D eigenvalue weighted by molar-refractivity contribution is 9.10. The predicted molar refractivity (Wildman–Crippen MR) is 94.1 cm³/mol. The van der Waals surface area contributed by atoms with E-state index in [0.29, 0.717) is 18.1 Å². The van der Waals surface area contributed by atoms with Gasteiger partial charge in [-0.3, -0.25) is 4.79 Å². The average Bonchev–Trinajstić information content (AvgIpc) is 3.10. The molecule has 122 valence electrons. The number of hydrogen-bond acceptors (Lipinski definition) is 5. The number of carbonyl (C=O) groups excluding carboxylic acids is 1. The molecule has 0 unspecified atom stereocenters. The maximum Gasteiger partial charge on any atom is 0.272 e. The van der Waals surface area contributed by atoms with Crippen LogP contribution in [0.1, 0.15) is 21.8 Å². The molecule has 24 heavy (non-hydrogen) atoms. The van der Waals surface area contributed by atoms with E-state index in [1.807, 2.05) is 25.1 Å². The van der Waals surface area contributed by atoms with E-state index in [1.165, 1.54) is 0 Å². The lowest BCUT2D eigenvalue weighted by Crippen LogP contribution is -2.23. The van der Waals surface area contributed by atoms with E-state index >= 15 is 0 Å². The van der Waals surface area contributed by atoms with E-state index in [2.05, 4.69) is 36.8 Å². The Hall–Kier alpha value is -2.67. The fourth-order valence-corrected chi connectivity index (χ4v) is 2.31. The Labute approximate surface area is 147 Å². The van der Waals surface area contributed by atoms with Gasteiger partial charge in [0.25, 0.3) is 5.91 Å². The maximum absolute atomic E-state index is 12.0. The number of anilines is 2. The topological polar surface area (TPSA) is 80.0 Å². The van der Waals surface area contributed by atoms with Crippen LogP contribution in [-0.2, 0) is 6.54 Å². The molecule has 6 nitrogen and oxygen atoms in total. The minimum atomic E-state index is -0.301. The number of carbonyl (C=O) groups is 1. The standard InChI is InChI=1S/C17H15BrN4O2/c1-11-9-12(4-5-14(11)18)20-16-7-6-15(21-22-16)17(23)19-10-13-3-2-8-24-13/h2-9H,10H2,1H3,(H,19,23)(H,20,22). The summed E-state index contributed by atoms with van der Waals surface area (Å²) in [4.78, 5) is 12.0. The van der Waals surface area contributed by atoms with Crippen molar-refractivity contribution in [2.45, 2.75) is 13.5 Å². The van der Waals surface area contributed by atoms with Gasteiger partial charge in [-0.2, -0.15) is 0 Å². The van der Waals surface area contributed by atoms with E-state index in [9.17, 15) is 4.79 Å². The second kappa shape index (κ2) is 7.27. The summed E-state index contributed by atoms with van der Waals surface area (Å²) in [6.07, 6.45) is 1.56. The van der Waals surface area contributed by atoms with Crippen molar-refractivity contribution in [3.63, 3.8) is 0 Å². The number of halogens is 1. The van der Waals surface area contributed by atoms with Gasteiger partial charge in [0.2, 0.25) is 0 Å². The van der Waals surface area contributed by atoms with Crippen LogP contribution in [0.3, 0.4) is 0 Å². The van der Waals surface area contributed by atoms with Crippen LogP contribution in [0.5, 0.6) is 0 Å². The van der Waals surface area contributed by atoms with Gasteiger partial charge in [0, 0.05) is 10.2 Å². The second-order valence-corrected chi connectivity index (χ2v) is 6.01. The fourth-order valence-electron chi connectivity index (χ4n) is 2.06. The first kappa shape index (κ1) is 16.2. The summed E-state index contributed by atoms with van der Waals surface area (Å²) in [5.74, 6) is 0.949. The van der Waals surface area contributed by atoms with Crippen molar-refractivity contribution in [1.29, 1.82) is 0 Å². The molecule has 2 heterocycles. The van der Waals surface area contributed by atoms with Gasteiger partial charge in [-0.25, -0.2) is 0 Å². The highest BCUT2D eigenvalue weighted by atomic mass is 79.9. The molecule has 0 radical (unpaired) electrons. The van der Waals surface area contributed by atoms with E-state index < -0.39 is 0 Å². The largest absolute Gasteiger partial charge is 0.467 e. The van der Waals surface area contributed by atoms with E-state index in [-0.39, 0.29) is 11.6 Å². The van der Waals surface area contributed by atoms with Crippen molar-refractivity contribution in [3.8, 4) is 0 Å². The lowest BCUT2D eigenvalue weighted by molar-refractivity contribution is 0.0942. The fraction of sp³-hybridized carbons (Fsp3) is 0.118. The molecule has 3 aromatic rings. The number of furan rings is 1. The Morgan fingerprint density at radius 3 is 2.75 bits per heavy atom. The highest BCUT2D eigenvalue weighted by Gasteiger charge is 2.09. The minimum Gasteiger partial charge on any atom is -0.467 e. The molecule has 3 rings (SSSR count). The Morgan fingerprint density at radius 1 is 1.21 bits per heavy atom. The van der Waals surface area contributed by atoms with Crippen LogP contribution in [0, 0.1) is 6.92 Å². The van der Waals surface area contributed by atoms with Crippen molar-refractivity contribution in [2.75, 3.05) is 5.32 Å². The third-order valence-electron chi connectivity index (χ3n) is 3.33. The molecule has 0 atom stereocenters. The molecule has 1 amide bonds. The number of benzene rings is 1. The zero-order valence-electron chi connectivity index (χ0n) is 12.9. The van der Waals surface area contributed by atoms with Crippen LogP contribution >= 0.6 is 15.9 Å². The number of rotatable bonds is 5. The predicted octanol–water partition coefficient (Wildman–Crippen LogP) is 3.81. The van der Waals surface area contributed by atoms with Crippen molar-refractivity contribution in [2.24, 2.45) is 0 Å². The second-order valence-electron chi connectivity index (χ2n) is 5.15. The van der Waals surface area contributed by atoms with Gasteiger partial charge in [-0.1, -0.05) is 15.9 Å². The Balaban J connectivity index is 1.62. The van der Waals surface area contributed by atoms with Gasteiger partial charge in [0.15, 0.2) is 11.5 Å². The number of nitrogens with zero attached hydrogens (tertiary/aromatic N) is 2. The van der Waals surface area contributed by atoms with Crippen LogP contribution in [0.2, 0.25) is 0 Å². The summed E-state index contributed by atoms with van der Waals surface area (Å²) in [5.41, 5.74) is 2.26. The van der Waals surface area contributed by atoms with E-state index in [4.69, 9.17) is 4.42 Å². The molecule has 2 aromatic heterocycles. The smallest absolute Gasteiger partial charge is 0.272 e. The first-order valence-electron chi connectivity index (χ1n) is 7.29. The van der Waals surface area contributed by atoms with E-state index in [0.717, 1.165) is 15.7 Å². The van der Waals surface area contributed by atoms with Gasteiger partial charge >= 0.3 is 0 Å². The summed E-state index contributed by atoms with van der Waals surface area (Å²) in [5, 5.41) is 13.9. The Bertz CT molecular complexity index is 832. The van der Waals surface area contributed by atoms with E-state index in [1.54, 1.807) is 30.5 Å². The molecule has 1 aromatic carbocycles. The van der Waals surface area contributed by atoms with Gasteiger partial charge in [-0.15, -0.1) is 10.2 Å². The third-order valence-corrected chi connectivity index (χ3v) is 4.22. The molecular weight excluding hydrogens is 372 g/mol. The molecule has 7 heteroatoms. The van der Waals surface area contributed by atoms with Crippen LogP contribution in [0.15, 0.2) is 57.6 Å². The average molecular weight is 387 g/mol. The summed E-state index contributed by atoms with van der Waals surface area (Å²) in [7, 11) is 0. The summed E-state index contributed by atoms with van der Waals surface area (Å²) in [6, 6.07) is 12.8. The van der Waals surface area contributed by atoms with Crippen molar-refractivity contribution in [3.05, 3.63) is 70.2 Å². The van der Waals surface area contributed by atoms with Crippen LogP contribution in [-0.4, -0.2) is 16.1 Å². The normalized spacial score (nSPS) is 10.4. The summed E-state index contributed by atoms with van der Waals surface area (Å²) in [6.45, 7) is 2.32. The molecule has 2 N–H and O–H groups in total. The van der Waals surface area contributed by atoms with Crippen molar-refractivity contribution < 1.29 is 9.21 Å². The quantitative estimate of drug-likeness (QED) is 0.696. The molecule has 0 saturated heterocycles. The number of hydrogen-bond donors (Lipinski definition) is 2. The summed E-state index contributed by atoms with van der Waals surface area (Å²) < 4.78 is 6.20. The number of amides is 1. The maximum atomic E-state index is 12.0. The Morgan fingerprint density at radius 2 is 2.08 bits per heavy atom. The molecule has 0 fully saturated rings. The number of nitrogens with one attached hydrogen (secondary N) is 2. The van der Waals surface area contributed by atoms with Crippen LogP contribution in [0.4, 0.5) is 11.5 Å². The van der Waals surface area contributed by atoms with Crippen molar-refractivity contribution in [1.82, 2.24) is 15.5 Å². The molecule has 0 saturated carbocycles. The molecule has 0 aliphatic heterocycles. The lowest BCUT2D eigenvalue weighted by atomic mass is 10.2. The molecule has 0 spiro atoms. The highest BCUT2D eigenvalue weighted by Crippen LogP contribution is 2.22. The zero-order valence-corrected chi connectivity index (χ0v) is 14.5.